The van der Waals surface area contributed by atoms with Gasteiger partial charge < -0.3 is 9.74 Å². The Bertz CT molecular complexity index is 888. The van der Waals surface area contributed by atoms with Gasteiger partial charge in [-0.25, -0.2) is 0 Å². The molecular formula is C23H26Cl2N2O2. The van der Waals surface area contributed by atoms with Crippen LogP contribution in [0, 0.1) is 5.41 Å². The molecule has 1 atom stereocenters. The average molecular weight is 433 g/mol. The number of hydrogen-bond acceptors (Lipinski definition) is 3. The summed E-state index contributed by atoms with van der Waals surface area (Å²) in [7, 11) is 0. The number of nitrogens with zero attached hydrogens (tertiary/aromatic N) is 2. The fraction of sp³-hybridized carbons (Fsp3) is 0.391. The van der Waals surface area contributed by atoms with E-state index in [1.165, 1.54) is 0 Å². The van der Waals surface area contributed by atoms with Crippen LogP contribution in [0.2, 0.25) is 10.0 Å². The van der Waals surface area contributed by atoms with Gasteiger partial charge in [-0.2, -0.15) is 0 Å². The Morgan fingerprint density at radius 1 is 1.14 bits per heavy atom. The van der Waals surface area contributed by atoms with Crippen molar-refractivity contribution >= 4 is 34.8 Å². The molecule has 29 heavy (non-hydrogen) atoms. The third-order valence-corrected chi connectivity index (χ3v) is 5.12. The highest BCUT2D eigenvalue weighted by Crippen LogP contribution is 2.24. The van der Waals surface area contributed by atoms with E-state index in [1.54, 1.807) is 0 Å². The zero-order chi connectivity index (χ0) is 21.0. The number of carbonyl (C=O) groups excluding carboxylic acids is 1. The maximum Gasteiger partial charge on any atom is 0.223 e. The summed E-state index contributed by atoms with van der Waals surface area (Å²) in [5.74, 6) is 0.0982. The molecule has 1 aliphatic heterocycles. The molecule has 0 N–H and O–H groups in total. The van der Waals surface area contributed by atoms with Gasteiger partial charge in [-0.05, 0) is 40.8 Å². The van der Waals surface area contributed by atoms with Crippen LogP contribution in [0.15, 0.2) is 53.7 Å². The molecule has 6 heteroatoms. The minimum absolute atomic E-state index is 0.0921. The van der Waals surface area contributed by atoms with Crippen LogP contribution in [0.3, 0.4) is 0 Å². The normalized spacial score (nSPS) is 16.3. The van der Waals surface area contributed by atoms with Gasteiger partial charge in [-0.15, -0.1) is 0 Å². The second-order valence-corrected chi connectivity index (χ2v) is 9.49. The summed E-state index contributed by atoms with van der Waals surface area (Å²) in [4.78, 5) is 20.5. The topological polar surface area (TPSA) is 41.9 Å². The van der Waals surface area contributed by atoms with Crippen LogP contribution in [0.4, 0.5) is 0 Å². The number of oxime groups is 1. The number of rotatable bonds is 6. The summed E-state index contributed by atoms with van der Waals surface area (Å²) >= 11 is 12.1. The largest absolute Gasteiger partial charge is 0.390 e. The first-order chi connectivity index (χ1) is 13.7. The van der Waals surface area contributed by atoms with Gasteiger partial charge >= 0.3 is 0 Å². The van der Waals surface area contributed by atoms with Crippen LogP contribution >= 0.6 is 23.2 Å². The van der Waals surface area contributed by atoms with E-state index in [9.17, 15) is 4.79 Å². The molecule has 1 amide bonds. The Balaban J connectivity index is 1.69. The van der Waals surface area contributed by atoms with Crippen molar-refractivity contribution in [3.63, 3.8) is 0 Å². The number of benzene rings is 2. The molecule has 0 aliphatic carbocycles. The standard InChI is InChI=1S/C23H26Cl2N2O2/c1-23(2,3)13-22(28)27(14-16-5-4-6-19(25)11-16)15-20-12-21(26-29-20)17-7-9-18(24)10-8-17/h4-11,20H,12-15H2,1-3H3. The van der Waals surface area contributed by atoms with Crippen molar-refractivity contribution in [2.24, 2.45) is 10.6 Å². The molecule has 0 saturated carbocycles. The number of carbonyl (C=O) groups is 1. The highest BCUT2D eigenvalue weighted by molar-refractivity contribution is 6.31. The third-order valence-electron chi connectivity index (χ3n) is 4.63. The fourth-order valence-electron chi connectivity index (χ4n) is 3.26. The van der Waals surface area contributed by atoms with Gasteiger partial charge in [-0.3, -0.25) is 4.79 Å². The molecule has 2 aromatic rings. The Morgan fingerprint density at radius 2 is 1.86 bits per heavy atom. The van der Waals surface area contributed by atoms with E-state index in [-0.39, 0.29) is 17.4 Å². The second kappa shape index (κ2) is 9.19. The van der Waals surface area contributed by atoms with E-state index >= 15 is 0 Å². The number of halogens is 2. The molecule has 1 aliphatic rings. The molecule has 3 rings (SSSR count). The van der Waals surface area contributed by atoms with Gasteiger partial charge in [0.1, 0.15) is 0 Å². The lowest BCUT2D eigenvalue weighted by Crippen LogP contribution is -2.38. The molecule has 1 heterocycles. The maximum atomic E-state index is 13.0. The highest BCUT2D eigenvalue weighted by Gasteiger charge is 2.28. The van der Waals surface area contributed by atoms with E-state index in [4.69, 9.17) is 28.0 Å². The molecule has 0 radical (unpaired) electrons. The molecule has 4 nitrogen and oxygen atoms in total. The summed E-state index contributed by atoms with van der Waals surface area (Å²) in [6.45, 7) is 7.16. The SMILES string of the molecule is CC(C)(C)CC(=O)N(Cc1cccc(Cl)c1)CC1CC(c2ccc(Cl)cc2)=NO1. The predicted octanol–water partition coefficient (Wildman–Crippen LogP) is 5.95. The first-order valence-corrected chi connectivity index (χ1v) is 10.5. The highest BCUT2D eigenvalue weighted by atomic mass is 35.5. The molecule has 0 bridgehead atoms. The van der Waals surface area contributed by atoms with Crippen molar-refractivity contribution in [1.29, 1.82) is 0 Å². The van der Waals surface area contributed by atoms with Crippen LogP contribution in [0.25, 0.3) is 0 Å². The van der Waals surface area contributed by atoms with Gasteiger partial charge in [0, 0.05) is 29.4 Å². The Labute approximate surface area is 182 Å². The molecular weight excluding hydrogens is 407 g/mol. The quantitative estimate of drug-likeness (QED) is 0.565. The van der Waals surface area contributed by atoms with Crippen LogP contribution in [-0.4, -0.2) is 29.2 Å². The van der Waals surface area contributed by atoms with Gasteiger partial charge in [0.25, 0.3) is 0 Å². The van der Waals surface area contributed by atoms with Crippen molar-refractivity contribution in [2.75, 3.05) is 6.54 Å². The monoisotopic (exact) mass is 432 g/mol. The van der Waals surface area contributed by atoms with Gasteiger partial charge in [0.2, 0.25) is 5.91 Å². The lowest BCUT2D eigenvalue weighted by Gasteiger charge is -2.28. The van der Waals surface area contributed by atoms with Crippen molar-refractivity contribution in [3.05, 3.63) is 69.7 Å². The Kier molecular flexibility index (Phi) is 6.86. The zero-order valence-corrected chi connectivity index (χ0v) is 18.5. The summed E-state index contributed by atoms with van der Waals surface area (Å²) in [5.41, 5.74) is 2.76. The minimum Gasteiger partial charge on any atom is -0.390 e. The van der Waals surface area contributed by atoms with E-state index in [0.717, 1.165) is 16.8 Å². The first-order valence-electron chi connectivity index (χ1n) is 9.70. The van der Waals surface area contributed by atoms with Crippen LogP contribution in [-0.2, 0) is 16.2 Å². The van der Waals surface area contributed by atoms with Crippen molar-refractivity contribution in [1.82, 2.24) is 4.90 Å². The molecule has 1 unspecified atom stereocenters. The Morgan fingerprint density at radius 3 is 2.52 bits per heavy atom. The predicted molar refractivity (Wildman–Crippen MR) is 118 cm³/mol. The van der Waals surface area contributed by atoms with Gasteiger partial charge in [0.05, 0.1) is 12.3 Å². The zero-order valence-electron chi connectivity index (χ0n) is 17.0. The maximum absolute atomic E-state index is 13.0. The summed E-state index contributed by atoms with van der Waals surface area (Å²) < 4.78 is 0. The summed E-state index contributed by atoms with van der Waals surface area (Å²) in [5, 5.41) is 5.59. The number of hydrogen-bond donors (Lipinski definition) is 0. The minimum atomic E-state index is -0.177. The van der Waals surface area contributed by atoms with Gasteiger partial charge in [0.15, 0.2) is 6.10 Å². The van der Waals surface area contributed by atoms with E-state index in [2.05, 4.69) is 25.9 Å². The third kappa shape index (κ3) is 6.48. The number of amides is 1. The summed E-state index contributed by atoms with van der Waals surface area (Å²) in [6.07, 6.45) is 0.936. The van der Waals surface area contributed by atoms with Gasteiger partial charge in [-0.1, -0.05) is 73.4 Å². The summed E-state index contributed by atoms with van der Waals surface area (Å²) in [6, 6.07) is 15.1. The molecule has 2 aromatic carbocycles. The molecule has 0 aromatic heterocycles. The van der Waals surface area contributed by atoms with Crippen molar-refractivity contribution < 1.29 is 9.63 Å². The van der Waals surface area contributed by atoms with Crippen molar-refractivity contribution in [2.45, 2.75) is 46.3 Å². The first kappa shape index (κ1) is 21.7. The lowest BCUT2D eigenvalue weighted by molar-refractivity contribution is -0.135. The van der Waals surface area contributed by atoms with Crippen LogP contribution in [0.5, 0.6) is 0 Å². The fourth-order valence-corrected chi connectivity index (χ4v) is 3.60. The molecule has 154 valence electrons. The second-order valence-electron chi connectivity index (χ2n) is 8.62. The van der Waals surface area contributed by atoms with Crippen LogP contribution < -0.4 is 0 Å². The van der Waals surface area contributed by atoms with E-state index in [1.807, 2.05) is 53.4 Å². The smallest absolute Gasteiger partial charge is 0.223 e. The van der Waals surface area contributed by atoms with Crippen LogP contribution in [0.1, 0.15) is 44.7 Å². The Hall–Kier alpha value is -2.04. The van der Waals surface area contributed by atoms with E-state index in [0.29, 0.717) is 36.0 Å². The van der Waals surface area contributed by atoms with E-state index < -0.39 is 0 Å². The van der Waals surface area contributed by atoms with Crippen molar-refractivity contribution in [3.8, 4) is 0 Å². The average Bonchev–Trinajstić information content (AvgIpc) is 3.09. The molecule has 0 spiro atoms. The molecule has 0 fully saturated rings. The lowest BCUT2D eigenvalue weighted by atomic mass is 9.91. The molecule has 0 saturated heterocycles.